The average Bonchev–Trinajstić information content (AvgIpc) is 3.04. The minimum absolute atomic E-state index is 0.217. The van der Waals surface area contributed by atoms with E-state index in [1.165, 1.54) is 0 Å². The standard InChI is InChI=1S/C16H18N2O2/c1-11(2)18-9-8-12(17-18)10-20-16-5-3-4-13-14(16)6-7-15(13)19/h3-5,8-9,11H,6-7,10H2,1-2H3. The molecule has 4 heteroatoms. The summed E-state index contributed by atoms with van der Waals surface area (Å²) in [6, 6.07) is 8.00. The largest absolute Gasteiger partial charge is 0.487 e. The molecule has 1 aromatic heterocycles. The summed E-state index contributed by atoms with van der Waals surface area (Å²) in [5, 5.41) is 4.46. The number of carbonyl (C=O) groups excluding carboxylic acids is 1. The van der Waals surface area contributed by atoms with Gasteiger partial charge in [-0.1, -0.05) is 12.1 Å². The van der Waals surface area contributed by atoms with Crippen molar-refractivity contribution in [1.29, 1.82) is 0 Å². The van der Waals surface area contributed by atoms with Crippen LogP contribution in [0.5, 0.6) is 5.75 Å². The zero-order chi connectivity index (χ0) is 14.1. The van der Waals surface area contributed by atoms with Gasteiger partial charge in [-0.2, -0.15) is 5.10 Å². The van der Waals surface area contributed by atoms with Crippen LogP contribution in [-0.2, 0) is 13.0 Å². The number of carbonyl (C=O) groups is 1. The van der Waals surface area contributed by atoms with E-state index in [0.717, 1.165) is 29.0 Å². The van der Waals surface area contributed by atoms with Gasteiger partial charge >= 0.3 is 0 Å². The molecule has 2 aromatic rings. The first-order valence-corrected chi connectivity index (χ1v) is 6.97. The molecule has 20 heavy (non-hydrogen) atoms. The molecule has 0 saturated carbocycles. The van der Waals surface area contributed by atoms with Gasteiger partial charge in [-0.05, 0) is 32.4 Å². The van der Waals surface area contributed by atoms with Gasteiger partial charge in [-0.25, -0.2) is 0 Å². The van der Waals surface area contributed by atoms with Gasteiger partial charge in [0.2, 0.25) is 0 Å². The SMILES string of the molecule is CC(C)n1ccc(COc2cccc3c2CCC3=O)n1. The normalized spacial score (nSPS) is 13.8. The number of benzene rings is 1. The Morgan fingerprint density at radius 3 is 2.90 bits per heavy atom. The molecule has 1 aliphatic rings. The van der Waals surface area contributed by atoms with Crippen LogP contribution in [0.1, 0.15) is 47.9 Å². The van der Waals surface area contributed by atoms with Gasteiger partial charge in [0.05, 0.1) is 5.69 Å². The van der Waals surface area contributed by atoms with Gasteiger partial charge < -0.3 is 4.74 Å². The Hall–Kier alpha value is -2.10. The first-order chi connectivity index (χ1) is 9.65. The molecule has 0 fully saturated rings. The van der Waals surface area contributed by atoms with Crippen molar-refractivity contribution < 1.29 is 9.53 Å². The van der Waals surface area contributed by atoms with Gasteiger partial charge in [-0.3, -0.25) is 9.48 Å². The maximum atomic E-state index is 11.7. The Labute approximate surface area is 118 Å². The van der Waals surface area contributed by atoms with Crippen LogP contribution in [0, 0.1) is 0 Å². The van der Waals surface area contributed by atoms with Crippen LogP contribution in [0.15, 0.2) is 30.5 Å². The molecular formula is C16H18N2O2. The van der Waals surface area contributed by atoms with Crippen LogP contribution in [0.25, 0.3) is 0 Å². The van der Waals surface area contributed by atoms with Crippen LogP contribution >= 0.6 is 0 Å². The Morgan fingerprint density at radius 2 is 2.15 bits per heavy atom. The second-order valence-corrected chi connectivity index (χ2v) is 5.37. The molecule has 1 heterocycles. The van der Waals surface area contributed by atoms with E-state index < -0.39 is 0 Å². The summed E-state index contributed by atoms with van der Waals surface area (Å²) in [5.74, 6) is 1.03. The molecule has 1 aliphatic carbocycles. The summed E-state index contributed by atoms with van der Waals surface area (Å²) < 4.78 is 7.76. The number of hydrogen-bond donors (Lipinski definition) is 0. The lowest BCUT2D eigenvalue weighted by Crippen LogP contribution is -2.04. The lowest BCUT2D eigenvalue weighted by molar-refractivity contribution is 0.0994. The summed E-state index contributed by atoms with van der Waals surface area (Å²) in [6.45, 7) is 4.62. The van der Waals surface area contributed by atoms with Crippen molar-refractivity contribution in [2.24, 2.45) is 0 Å². The van der Waals surface area contributed by atoms with E-state index >= 15 is 0 Å². The minimum atomic E-state index is 0.217. The van der Waals surface area contributed by atoms with Crippen molar-refractivity contribution in [2.45, 2.75) is 39.3 Å². The smallest absolute Gasteiger partial charge is 0.163 e. The molecule has 4 nitrogen and oxygen atoms in total. The van der Waals surface area contributed by atoms with E-state index in [4.69, 9.17) is 4.74 Å². The van der Waals surface area contributed by atoms with Crippen LogP contribution in [0.2, 0.25) is 0 Å². The van der Waals surface area contributed by atoms with Crippen molar-refractivity contribution >= 4 is 5.78 Å². The third-order valence-corrected chi connectivity index (χ3v) is 3.60. The number of ether oxygens (including phenoxy) is 1. The molecule has 0 saturated heterocycles. The Kier molecular flexibility index (Phi) is 3.30. The van der Waals surface area contributed by atoms with E-state index in [9.17, 15) is 4.79 Å². The number of aromatic nitrogens is 2. The lowest BCUT2D eigenvalue weighted by atomic mass is 10.1. The quantitative estimate of drug-likeness (QED) is 0.857. The van der Waals surface area contributed by atoms with E-state index in [2.05, 4.69) is 18.9 Å². The van der Waals surface area contributed by atoms with E-state index in [1.54, 1.807) is 0 Å². The van der Waals surface area contributed by atoms with Gasteiger partial charge in [0.25, 0.3) is 0 Å². The van der Waals surface area contributed by atoms with Crippen LogP contribution in [0.3, 0.4) is 0 Å². The highest BCUT2D eigenvalue weighted by molar-refractivity contribution is 6.01. The highest BCUT2D eigenvalue weighted by Gasteiger charge is 2.22. The number of nitrogens with zero attached hydrogens (tertiary/aromatic N) is 2. The second kappa shape index (κ2) is 5.12. The second-order valence-electron chi connectivity index (χ2n) is 5.37. The first-order valence-electron chi connectivity index (χ1n) is 6.97. The number of Topliss-reactive ketones (excluding diaryl/α,β-unsaturated/α-hetero) is 1. The summed E-state index contributed by atoms with van der Waals surface area (Å²) in [5.41, 5.74) is 2.76. The number of fused-ring (bicyclic) bond motifs is 1. The Morgan fingerprint density at radius 1 is 1.30 bits per heavy atom. The van der Waals surface area contributed by atoms with Crippen LogP contribution in [-0.4, -0.2) is 15.6 Å². The molecular weight excluding hydrogens is 252 g/mol. The highest BCUT2D eigenvalue weighted by Crippen LogP contribution is 2.30. The van der Waals surface area contributed by atoms with Crippen LogP contribution < -0.4 is 4.74 Å². The molecule has 0 bridgehead atoms. The predicted molar refractivity (Wildman–Crippen MR) is 76.0 cm³/mol. The number of ketones is 1. The van der Waals surface area contributed by atoms with E-state index in [0.29, 0.717) is 19.1 Å². The fourth-order valence-electron chi connectivity index (χ4n) is 2.49. The van der Waals surface area contributed by atoms with Crippen molar-refractivity contribution in [3.63, 3.8) is 0 Å². The molecule has 1 aromatic carbocycles. The fourth-order valence-corrected chi connectivity index (χ4v) is 2.49. The topological polar surface area (TPSA) is 44.1 Å². The molecule has 0 amide bonds. The minimum Gasteiger partial charge on any atom is -0.487 e. The maximum Gasteiger partial charge on any atom is 0.163 e. The molecule has 0 N–H and O–H groups in total. The zero-order valence-corrected chi connectivity index (χ0v) is 11.8. The number of rotatable bonds is 4. The molecule has 0 aliphatic heterocycles. The van der Waals surface area contributed by atoms with Gasteiger partial charge in [0.15, 0.2) is 5.78 Å². The highest BCUT2D eigenvalue weighted by atomic mass is 16.5. The fraction of sp³-hybridized carbons (Fsp3) is 0.375. The van der Waals surface area contributed by atoms with Gasteiger partial charge in [0, 0.05) is 29.8 Å². The molecule has 3 rings (SSSR count). The summed E-state index contributed by atoms with van der Waals surface area (Å²) in [7, 11) is 0. The lowest BCUT2D eigenvalue weighted by Gasteiger charge is -2.09. The number of hydrogen-bond acceptors (Lipinski definition) is 3. The van der Waals surface area contributed by atoms with Gasteiger partial charge in [0.1, 0.15) is 12.4 Å². The predicted octanol–water partition coefficient (Wildman–Crippen LogP) is 3.17. The summed E-state index contributed by atoms with van der Waals surface area (Å²) in [4.78, 5) is 11.7. The van der Waals surface area contributed by atoms with Crippen molar-refractivity contribution in [2.75, 3.05) is 0 Å². The van der Waals surface area contributed by atoms with Crippen molar-refractivity contribution in [3.05, 3.63) is 47.3 Å². The van der Waals surface area contributed by atoms with Gasteiger partial charge in [-0.15, -0.1) is 0 Å². The third kappa shape index (κ3) is 2.33. The summed E-state index contributed by atoms with van der Waals surface area (Å²) in [6.07, 6.45) is 3.34. The Balaban J connectivity index is 1.74. The van der Waals surface area contributed by atoms with Crippen LogP contribution in [0.4, 0.5) is 0 Å². The molecule has 0 unspecified atom stereocenters. The van der Waals surface area contributed by atoms with Crippen molar-refractivity contribution in [1.82, 2.24) is 9.78 Å². The van der Waals surface area contributed by atoms with E-state index in [1.807, 2.05) is 35.1 Å². The third-order valence-electron chi connectivity index (χ3n) is 3.60. The molecule has 0 atom stereocenters. The average molecular weight is 270 g/mol. The zero-order valence-electron chi connectivity index (χ0n) is 11.8. The summed E-state index contributed by atoms with van der Waals surface area (Å²) >= 11 is 0. The van der Waals surface area contributed by atoms with E-state index in [-0.39, 0.29) is 5.78 Å². The molecule has 0 spiro atoms. The van der Waals surface area contributed by atoms with Crippen molar-refractivity contribution in [3.8, 4) is 5.75 Å². The maximum absolute atomic E-state index is 11.7. The Bertz CT molecular complexity index is 644. The first kappa shape index (κ1) is 12.9. The molecule has 0 radical (unpaired) electrons. The molecule has 104 valence electrons. The monoisotopic (exact) mass is 270 g/mol.